The molecule has 0 heterocycles. The zero-order valence-electron chi connectivity index (χ0n) is 19.9. The van der Waals surface area contributed by atoms with Gasteiger partial charge in [0.2, 0.25) is 0 Å². The van der Waals surface area contributed by atoms with Gasteiger partial charge in [-0.3, -0.25) is 0 Å². The van der Waals surface area contributed by atoms with Crippen molar-refractivity contribution in [3.05, 3.63) is 60.0 Å². The lowest BCUT2D eigenvalue weighted by Gasteiger charge is -2.49. The fraction of sp³-hybridized carbons (Fsp3) is 0.667. The molecule has 4 rings (SSSR count). The van der Waals surface area contributed by atoms with E-state index in [0.29, 0.717) is 0 Å². The van der Waals surface area contributed by atoms with E-state index in [1.165, 1.54) is 77.0 Å². The van der Waals surface area contributed by atoms with Gasteiger partial charge in [-0.15, -0.1) is 0 Å². The highest BCUT2D eigenvalue weighted by molar-refractivity contribution is 5.36. The van der Waals surface area contributed by atoms with Crippen LogP contribution in [0, 0.1) is 34.9 Å². The zero-order chi connectivity index (χ0) is 21.7. The van der Waals surface area contributed by atoms with Gasteiger partial charge in [-0.05, 0) is 61.0 Å². The monoisotopic (exact) mass is 422 g/mol. The van der Waals surface area contributed by atoms with E-state index < -0.39 is 0 Å². The lowest BCUT2D eigenvalue weighted by atomic mass is 9.55. The fourth-order valence-corrected chi connectivity index (χ4v) is 7.21. The van der Waals surface area contributed by atoms with Crippen LogP contribution in [0.1, 0.15) is 102 Å². The molecule has 0 nitrogen and oxygen atoms in total. The highest BCUT2D eigenvalue weighted by Gasteiger charge is 2.44. The lowest BCUT2D eigenvalue weighted by Crippen LogP contribution is -2.40. The van der Waals surface area contributed by atoms with E-state index in [9.17, 15) is 4.39 Å². The van der Waals surface area contributed by atoms with Crippen LogP contribution in [-0.2, 0) is 0 Å². The van der Waals surface area contributed by atoms with Crippen molar-refractivity contribution in [2.75, 3.05) is 0 Å². The molecule has 2 fully saturated rings. The van der Waals surface area contributed by atoms with E-state index in [4.69, 9.17) is 0 Å². The Labute approximate surface area is 190 Å². The minimum atomic E-state index is -0.0746. The minimum absolute atomic E-state index is 0.0746. The van der Waals surface area contributed by atoms with Crippen LogP contribution < -0.4 is 0 Å². The largest absolute Gasteiger partial charge is 0.207 e. The summed E-state index contributed by atoms with van der Waals surface area (Å²) in [4.78, 5) is 0. The fourth-order valence-electron chi connectivity index (χ4n) is 7.21. The number of hydrogen-bond donors (Lipinski definition) is 0. The maximum absolute atomic E-state index is 14.4. The van der Waals surface area contributed by atoms with Gasteiger partial charge in [-0.1, -0.05) is 108 Å². The van der Waals surface area contributed by atoms with Crippen molar-refractivity contribution < 1.29 is 4.39 Å². The SMILES string of the molecule is CCCC1CCC(C2(C3CCC(CCC)CC3)C=CC(c3ccccc3F)C=C2)CC1. The van der Waals surface area contributed by atoms with Gasteiger partial charge in [-0.25, -0.2) is 4.39 Å². The first-order valence-corrected chi connectivity index (χ1v) is 13.3. The van der Waals surface area contributed by atoms with Gasteiger partial charge in [0, 0.05) is 11.3 Å². The lowest BCUT2D eigenvalue weighted by molar-refractivity contribution is 0.0827. The van der Waals surface area contributed by atoms with E-state index in [-0.39, 0.29) is 17.2 Å². The Morgan fingerprint density at radius 2 is 1.23 bits per heavy atom. The van der Waals surface area contributed by atoms with Crippen LogP contribution in [0.2, 0.25) is 0 Å². The van der Waals surface area contributed by atoms with Crippen molar-refractivity contribution in [1.29, 1.82) is 0 Å². The topological polar surface area (TPSA) is 0 Å². The minimum Gasteiger partial charge on any atom is -0.207 e. The molecule has 3 aliphatic rings. The van der Waals surface area contributed by atoms with Gasteiger partial charge >= 0.3 is 0 Å². The van der Waals surface area contributed by atoms with Crippen LogP contribution in [0.25, 0.3) is 0 Å². The predicted octanol–water partition coefficient (Wildman–Crippen LogP) is 9.23. The quantitative estimate of drug-likeness (QED) is 0.384. The number of rotatable bonds is 7. The highest BCUT2D eigenvalue weighted by atomic mass is 19.1. The molecule has 0 N–H and O–H groups in total. The summed E-state index contributed by atoms with van der Waals surface area (Å²) < 4.78 is 14.4. The van der Waals surface area contributed by atoms with Crippen LogP contribution in [-0.4, -0.2) is 0 Å². The molecule has 31 heavy (non-hydrogen) atoms. The molecular weight excluding hydrogens is 379 g/mol. The van der Waals surface area contributed by atoms with E-state index in [2.05, 4.69) is 38.2 Å². The van der Waals surface area contributed by atoms with Crippen LogP contribution in [0.5, 0.6) is 0 Å². The first kappa shape index (κ1) is 22.8. The van der Waals surface area contributed by atoms with Gasteiger partial charge in [0.15, 0.2) is 0 Å². The number of halogens is 1. The molecule has 1 aromatic rings. The highest BCUT2D eigenvalue weighted by Crippen LogP contribution is 2.54. The van der Waals surface area contributed by atoms with E-state index >= 15 is 0 Å². The van der Waals surface area contributed by atoms with Crippen molar-refractivity contribution >= 4 is 0 Å². The third kappa shape index (κ3) is 5.01. The third-order valence-electron chi connectivity index (χ3n) is 8.95. The Morgan fingerprint density at radius 3 is 1.68 bits per heavy atom. The summed E-state index contributed by atoms with van der Waals surface area (Å²) in [5.41, 5.74) is 1.03. The molecule has 2 saturated carbocycles. The smallest absolute Gasteiger partial charge is 0.127 e. The number of allylic oxidation sites excluding steroid dienone is 4. The predicted molar refractivity (Wildman–Crippen MR) is 131 cm³/mol. The second-order valence-corrected chi connectivity index (χ2v) is 10.8. The van der Waals surface area contributed by atoms with Crippen molar-refractivity contribution in [3.63, 3.8) is 0 Å². The van der Waals surface area contributed by atoms with Crippen molar-refractivity contribution in [2.24, 2.45) is 29.1 Å². The molecule has 1 aromatic carbocycles. The van der Waals surface area contributed by atoms with E-state index in [1.807, 2.05) is 12.1 Å². The molecule has 0 unspecified atom stereocenters. The van der Waals surface area contributed by atoms with Crippen LogP contribution in [0.4, 0.5) is 4.39 Å². The normalized spacial score (nSPS) is 35.9. The average Bonchev–Trinajstić information content (AvgIpc) is 2.81. The summed E-state index contributed by atoms with van der Waals surface area (Å²) >= 11 is 0. The molecule has 3 aliphatic carbocycles. The molecule has 0 aromatic heterocycles. The number of hydrogen-bond acceptors (Lipinski definition) is 0. The maximum atomic E-state index is 14.4. The Bertz CT molecular complexity index is 701. The molecule has 0 amide bonds. The first-order valence-electron chi connectivity index (χ1n) is 13.3. The maximum Gasteiger partial charge on any atom is 0.127 e. The van der Waals surface area contributed by atoms with E-state index in [0.717, 1.165) is 29.2 Å². The van der Waals surface area contributed by atoms with Gasteiger partial charge < -0.3 is 0 Å². The molecule has 0 atom stereocenters. The standard InChI is InChI=1S/C30H43F/c1-3-7-23-11-15-26(16-12-23)30(27-17-13-24(8-4-2)14-18-27)21-19-25(20-22-30)28-9-5-6-10-29(28)31/h5-6,9-10,19-27H,3-4,7-8,11-18H2,1-2H3. The van der Waals surface area contributed by atoms with Crippen LogP contribution in [0.3, 0.4) is 0 Å². The molecule has 0 bridgehead atoms. The third-order valence-corrected chi connectivity index (χ3v) is 8.95. The summed E-state index contributed by atoms with van der Waals surface area (Å²) in [6, 6.07) is 7.31. The second-order valence-electron chi connectivity index (χ2n) is 10.8. The van der Waals surface area contributed by atoms with Crippen molar-refractivity contribution in [2.45, 2.75) is 96.8 Å². The van der Waals surface area contributed by atoms with Crippen molar-refractivity contribution in [1.82, 2.24) is 0 Å². The summed E-state index contributed by atoms with van der Waals surface area (Å²) in [6.07, 6.45) is 26.4. The summed E-state index contributed by atoms with van der Waals surface area (Å²) in [5, 5.41) is 0. The molecular formula is C30H43F. The molecule has 0 aliphatic heterocycles. The first-order chi connectivity index (χ1) is 15.2. The Morgan fingerprint density at radius 1 is 0.742 bits per heavy atom. The van der Waals surface area contributed by atoms with Crippen molar-refractivity contribution in [3.8, 4) is 0 Å². The second kappa shape index (κ2) is 10.5. The summed E-state index contributed by atoms with van der Waals surface area (Å²) in [7, 11) is 0. The molecule has 0 radical (unpaired) electrons. The van der Waals surface area contributed by atoms with Crippen LogP contribution >= 0.6 is 0 Å². The zero-order valence-corrected chi connectivity index (χ0v) is 19.9. The summed E-state index contributed by atoms with van der Waals surface area (Å²) in [6.45, 7) is 4.66. The molecule has 0 spiro atoms. The number of benzene rings is 1. The van der Waals surface area contributed by atoms with E-state index in [1.54, 1.807) is 12.1 Å². The van der Waals surface area contributed by atoms with Gasteiger partial charge in [0.1, 0.15) is 5.82 Å². The van der Waals surface area contributed by atoms with Gasteiger partial charge in [-0.2, -0.15) is 0 Å². The molecule has 1 heteroatoms. The van der Waals surface area contributed by atoms with Gasteiger partial charge in [0.25, 0.3) is 0 Å². The van der Waals surface area contributed by atoms with Crippen LogP contribution in [0.15, 0.2) is 48.6 Å². The Balaban J connectivity index is 1.54. The molecule has 0 saturated heterocycles. The summed E-state index contributed by atoms with van der Waals surface area (Å²) in [5.74, 6) is 3.43. The average molecular weight is 423 g/mol. The Hall–Kier alpha value is -1.37. The molecule has 170 valence electrons. The van der Waals surface area contributed by atoms with Gasteiger partial charge in [0.05, 0.1) is 0 Å². The Kier molecular flexibility index (Phi) is 7.72.